The fourth-order valence-corrected chi connectivity index (χ4v) is 3.38. The normalized spacial score (nSPS) is 20.1. The molecule has 0 bridgehead atoms. The van der Waals surface area contributed by atoms with Crippen molar-refractivity contribution in [1.82, 2.24) is 20.2 Å². The molecule has 1 N–H and O–H groups in total. The van der Waals surface area contributed by atoms with Gasteiger partial charge in [0.1, 0.15) is 0 Å². The summed E-state index contributed by atoms with van der Waals surface area (Å²) in [6, 6.07) is 8.83. The summed E-state index contributed by atoms with van der Waals surface area (Å²) in [5.41, 5.74) is 0.575. The summed E-state index contributed by atoms with van der Waals surface area (Å²) in [6.45, 7) is 2.38. The Labute approximate surface area is 152 Å². The van der Waals surface area contributed by atoms with Gasteiger partial charge >= 0.3 is 0 Å². The molecular weight excluding hydrogens is 338 g/mol. The number of rotatable bonds is 5. The molecule has 1 saturated heterocycles. The molecule has 25 heavy (non-hydrogen) atoms. The number of carbonyl (C=O) groups is 1. The van der Waals surface area contributed by atoms with Gasteiger partial charge in [0.2, 0.25) is 5.95 Å². The van der Waals surface area contributed by atoms with Crippen LogP contribution in [0.1, 0.15) is 10.4 Å². The first-order chi connectivity index (χ1) is 12.0. The van der Waals surface area contributed by atoms with E-state index in [1.807, 2.05) is 14.1 Å². The van der Waals surface area contributed by atoms with Crippen LogP contribution in [0.25, 0.3) is 0 Å². The minimum atomic E-state index is -0.105. The molecule has 2 heterocycles. The van der Waals surface area contributed by atoms with Crippen molar-refractivity contribution in [3.8, 4) is 0 Å². The highest BCUT2D eigenvalue weighted by atomic mass is 35.5. The smallest absolute Gasteiger partial charge is 0.251 e. The van der Waals surface area contributed by atoms with E-state index in [9.17, 15) is 4.79 Å². The zero-order valence-electron chi connectivity index (χ0n) is 14.4. The van der Waals surface area contributed by atoms with E-state index in [1.54, 1.807) is 42.7 Å². The quantitative estimate of drug-likeness (QED) is 0.883. The molecule has 132 valence electrons. The highest BCUT2D eigenvalue weighted by Gasteiger charge is 2.35. The van der Waals surface area contributed by atoms with E-state index in [2.05, 4.69) is 25.1 Å². The number of benzene rings is 1. The Bertz CT molecular complexity index is 724. The molecule has 2 atom stereocenters. The summed E-state index contributed by atoms with van der Waals surface area (Å²) in [5, 5.41) is 3.71. The monoisotopic (exact) mass is 359 g/mol. The number of hydrogen-bond acceptors (Lipinski definition) is 5. The first-order valence-corrected chi connectivity index (χ1v) is 8.64. The predicted octanol–water partition coefficient (Wildman–Crippen LogP) is 1.93. The number of anilines is 1. The zero-order valence-corrected chi connectivity index (χ0v) is 15.1. The second-order valence-electron chi connectivity index (χ2n) is 6.57. The van der Waals surface area contributed by atoms with E-state index in [1.165, 1.54) is 0 Å². The Morgan fingerprint density at radius 1 is 1.28 bits per heavy atom. The van der Waals surface area contributed by atoms with Crippen molar-refractivity contribution < 1.29 is 4.79 Å². The summed E-state index contributed by atoms with van der Waals surface area (Å²) in [7, 11) is 4.08. The third-order valence-corrected chi connectivity index (χ3v) is 4.51. The number of hydrogen-bond donors (Lipinski definition) is 1. The van der Waals surface area contributed by atoms with Crippen LogP contribution in [0, 0.1) is 5.92 Å². The number of amides is 1. The summed E-state index contributed by atoms with van der Waals surface area (Å²) in [6.07, 6.45) is 3.47. The number of carbonyl (C=O) groups excluding carboxylic acids is 1. The lowest BCUT2D eigenvalue weighted by Gasteiger charge is -2.22. The third kappa shape index (κ3) is 4.46. The van der Waals surface area contributed by atoms with Crippen LogP contribution in [0.3, 0.4) is 0 Å². The molecule has 0 spiro atoms. The lowest BCUT2D eigenvalue weighted by Crippen LogP contribution is -2.43. The molecule has 6 nitrogen and oxygen atoms in total. The van der Waals surface area contributed by atoms with E-state index in [-0.39, 0.29) is 11.9 Å². The van der Waals surface area contributed by atoms with E-state index in [4.69, 9.17) is 11.6 Å². The minimum Gasteiger partial charge on any atom is -0.347 e. The van der Waals surface area contributed by atoms with E-state index >= 15 is 0 Å². The van der Waals surface area contributed by atoms with Gasteiger partial charge in [-0.25, -0.2) is 9.97 Å². The predicted molar refractivity (Wildman–Crippen MR) is 99.0 cm³/mol. The van der Waals surface area contributed by atoms with Gasteiger partial charge in [-0.1, -0.05) is 17.7 Å². The number of aromatic nitrogens is 2. The van der Waals surface area contributed by atoms with Gasteiger partial charge in [-0.3, -0.25) is 4.79 Å². The maximum atomic E-state index is 12.6. The molecule has 1 fully saturated rings. The average molecular weight is 360 g/mol. The molecule has 0 radical (unpaired) electrons. The Balaban J connectivity index is 1.74. The minimum absolute atomic E-state index is 0.0256. The molecule has 0 saturated carbocycles. The van der Waals surface area contributed by atoms with Crippen molar-refractivity contribution >= 4 is 23.5 Å². The van der Waals surface area contributed by atoms with Gasteiger partial charge in [0.15, 0.2) is 0 Å². The molecule has 1 aliphatic heterocycles. The highest BCUT2D eigenvalue weighted by molar-refractivity contribution is 6.30. The molecule has 2 aromatic rings. The standard InChI is InChI=1S/C18H22ClN5O/c1-23(2)10-14-11-24(18-20-7-4-8-21-18)12-16(14)22-17(25)13-5-3-6-15(19)9-13/h3-9,14,16H,10-12H2,1-2H3,(H,22,25)/t14-,16-/m1/s1. The Hall–Kier alpha value is -2.18. The van der Waals surface area contributed by atoms with Crippen LogP contribution in [-0.4, -0.2) is 60.5 Å². The van der Waals surface area contributed by atoms with Gasteiger partial charge in [-0.2, -0.15) is 0 Å². The van der Waals surface area contributed by atoms with E-state index in [0.29, 0.717) is 29.0 Å². The summed E-state index contributed by atoms with van der Waals surface area (Å²) < 4.78 is 0. The van der Waals surface area contributed by atoms with Gasteiger partial charge < -0.3 is 15.1 Å². The van der Waals surface area contributed by atoms with Crippen molar-refractivity contribution in [3.63, 3.8) is 0 Å². The van der Waals surface area contributed by atoms with E-state index in [0.717, 1.165) is 13.1 Å². The molecule has 0 unspecified atom stereocenters. The van der Waals surface area contributed by atoms with Crippen LogP contribution in [0.5, 0.6) is 0 Å². The number of nitrogens with one attached hydrogen (secondary N) is 1. The summed E-state index contributed by atoms with van der Waals surface area (Å²) >= 11 is 5.99. The number of halogens is 1. The Morgan fingerprint density at radius 2 is 2.04 bits per heavy atom. The molecular formula is C18H22ClN5O. The third-order valence-electron chi connectivity index (χ3n) is 4.28. The highest BCUT2D eigenvalue weighted by Crippen LogP contribution is 2.22. The molecule has 1 aliphatic rings. The number of nitrogens with zero attached hydrogens (tertiary/aromatic N) is 4. The second-order valence-corrected chi connectivity index (χ2v) is 7.00. The van der Waals surface area contributed by atoms with Gasteiger partial charge in [0.25, 0.3) is 5.91 Å². The van der Waals surface area contributed by atoms with Crippen LogP contribution in [0.15, 0.2) is 42.7 Å². The molecule has 7 heteroatoms. The lowest BCUT2D eigenvalue weighted by atomic mass is 10.0. The maximum absolute atomic E-state index is 12.6. The second kappa shape index (κ2) is 7.80. The van der Waals surface area contributed by atoms with Gasteiger partial charge in [0.05, 0.1) is 6.04 Å². The van der Waals surface area contributed by atoms with Crippen molar-refractivity contribution in [2.24, 2.45) is 5.92 Å². The van der Waals surface area contributed by atoms with Crippen molar-refractivity contribution in [3.05, 3.63) is 53.3 Å². The Kier molecular flexibility index (Phi) is 5.50. The van der Waals surface area contributed by atoms with Gasteiger partial charge in [-0.05, 0) is 38.4 Å². The van der Waals surface area contributed by atoms with Crippen molar-refractivity contribution in [2.75, 3.05) is 38.6 Å². The average Bonchev–Trinajstić information content (AvgIpc) is 2.97. The topological polar surface area (TPSA) is 61.4 Å². The largest absolute Gasteiger partial charge is 0.347 e. The van der Waals surface area contributed by atoms with E-state index < -0.39 is 0 Å². The lowest BCUT2D eigenvalue weighted by molar-refractivity contribution is 0.0928. The Morgan fingerprint density at radius 3 is 2.72 bits per heavy atom. The fourth-order valence-electron chi connectivity index (χ4n) is 3.19. The molecule has 1 aromatic heterocycles. The summed E-state index contributed by atoms with van der Waals surface area (Å²) in [4.78, 5) is 25.5. The van der Waals surface area contributed by atoms with Crippen molar-refractivity contribution in [2.45, 2.75) is 6.04 Å². The SMILES string of the molecule is CN(C)C[C@@H]1CN(c2ncccn2)C[C@H]1NC(=O)c1cccc(Cl)c1. The first-order valence-electron chi connectivity index (χ1n) is 8.26. The van der Waals surface area contributed by atoms with Gasteiger partial charge in [-0.15, -0.1) is 0 Å². The van der Waals surface area contributed by atoms with Crippen LogP contribution < -0.4 is 10.2 Å². The van der Waals surface area contributed by atoms with Crippen LogP contribution in [0.4, 0.5) is 5.95 Å². The van der Waals surface area contributed by atoms with Crippen molar-refractivity contribution in [1.29, 1.82) is 0 Å². The summed E-state index contributed by atoms with van der Waals surface area (Å²) in [5.74, 6) is 0.889. The zero-order chi connectivity index (χ0) is 17.8. The van der Waals surface area contributed by atoms with Crippen LogP contribution >= 0.6 is 11.6 Å². The maximum Gasteiger partial charge on any atom is 0.251 e. The molecule has 1 aromatic carbocycles. The molecule has 3 rings (SSSR count). The fraction of sp³-hybridized carbons (Fsp3) is 0.389. The van der Waals surface area contributed by atoms with Crippen LogP contribution in [0.2, 0.25) is 5.02 Å². The van der Waals surface area contributed by atoms with Gasteiger partial charge in [0, 0.05) is 48.5 Å². The molecule has 0 aliphatic carbocycles. The van der Waals surface area contributed by atoms with Crippen LogP contribution in [-0.2, 0) is 0 Å². The first kappa shape index (κ1) is 17.6. The molecule has 1 amide bonds.